The van der Waals surface area contributed by atoms with Gasteiger partial charge in [-0.05, 0) is 151 Å². The third kappa shape index (κ3) is 8.59. The summed E-state index contributed by atoms with van der Waals surface area (Å²) >= 11 is 0. The molecule has 0 radical (unpaired) electrons. The molecule has 9 rings (SSSR count). The molecule has 16 heteroatoms. The average molecular weight is 1010 g/mol. The Balaban J connectivity index is 1.31. The summed E-state index contributed by atoms with van der Waals surface area (Å²) in [5, 5.41) is 13.2. The van der Waals surface area contributed by atoms with Crippen LogP contribution in [0.3, 0.4) is 0 Å². The Hall–Kier alpha value is -7.05. The van der Waals surface area contributed by atoms with Crippen molar-refractivity contribution in [1.82, 2.24) is 4.58 Å². The smallest absolute Gasteiger partial charge is 0.335 e. The molecule has 7 aromatic carbocycles. The minimum atomic E-state index is -4.65. The van der Waals surface area contributed by atoms with Crippen LogP contribution in [0, 0.1) is 20.8 Å². The van der Waals surface area contributed by atoms with Crippen LogP contribution >= 0.6 is 0 Å². The lowest BCUT2D eigenvalue weighted by Gasteiger charge is -2.27. The molecule has 0 aromatic heterocycles. The molecule has 0 saturated heterocycles. The van der Waals surface area contributed by atoms with E-state index in [0.29, 0.717) is 50.2 Å². The molecule has 0 unspecified atom stereocenters. The van der Waals surface area contributed by atoms with Gasteiger partial charge in [-0.3, -0.25) is 13.7 Å². The van der Waals surface area contributed by atoms with E-state index in [2.05, 4.69) is 38.1 Å². The zero-order valence-corrected chi connectivity index (χ0v) is 42.1. The van der Waals surface area contributed by atoms with Crippen LogP contribution in [0.1, 0.15) is 71.4 Å². The standard InChI is InChI=1S/C55H48N2O11S3/c1-32-14-22-43-45(26-32)33(2)27-47-51(43)54(4,5)49(56(47)38-10-8-12-40(29-38)69(60,61)62)24-19-36(35-15-17-37(18-16-35)53(58)59)20-25-50-55(6,7)52-44-23-21-42(71(66,67)68)31-46(44)34(3)28-48(52)57(50)39-11-9-13-41(30-39)70(63,64)65/h8-31H,1-7H3,(H3-,58,59,60,61,62,63,64,65,66,67,68)/p+1. The summed E-state index contributed by atoms with van der Waals surface area (Å²) in [4.78, 5) is 13.1. The van der Waals surface area contributed by atoms with Crippen LogP contribution in [0.2, 0.25) is 0 Å². The first-order valence-corrected chi connectivity index (χ1v) is 26.7. The molecule has 0 amide bonds. The zero-order valence-electron chi connectivity index (χ0n) is 39.6. The lowest BCUT2D eigenvalue weighted by Crippen LogP contribution is -2.28. The summed E-state index contributed by atoms with van der Waals surface area (Å²) in [7, 11) is -13.8. The molecule has 7 aromatic rings. The number of hydrogen-bond acceptors (Lipinski definition) is 8. The Kier molecular flexibility index (Phi) is 11.8. The van der Waals surface area contributed by atoms with Gasteiger partial charge in [-0.25, -0.2) is 4.79 Å². The van der Waals surface area contributed by atoms with Crippen LogP contribution in [0.5, 0.6) is 0 Å². The number of rotatable bonds is 10. The molecular weight excluding hydrogens is 961 g/mol. The number of aryl methyl sites for hydroxylation is 3. The first-order valence-electron chi connectivity index (χ1n) is 22.3. The van der Waals surface area contributed by atoms with Gasteiger partial charge in [0.1, 0.15) is 4.90 Å². The Morgan fingerprint density at radius 1 is 0.592 bits per heavy atom. The number of carboxylic acid groups (broad SMARTS) is 1. The second-order valence-electron chi connectivity index (χ2n) is 19.0. The van der Waals surface area contributed by atoms with Gasteiger partial charge in [-0.1, -0.05) is 74.0 Å². The molecule has 2 aliphatic heterocycles. The van der Waals surface area contributed by atoms with Crippen molar-refractivity contribution >= 4 is 91.9 Å². The molecule has 0 aliphatic carbocycles. The predicted molar refractivity (Wildman–Crippen MR) is 278 cm³/mol. The maximum absolute atomic E-state index is 12.6. The van der Waals surface area contributed by atoms with Crippen LogP contribution < -0.4 is 9.48 Å². The van der Waals surface area contributed by atoms with E-state index in [1.54, 1.807) is 43.3 Å². The minimum Gasteiger partial charge on any atom is -0.478 e. The highest BCUT2D eigenvalue weighted by atomic mass is 32.2. The normalized spacial score (nSPS) is 16.4. The molecule has 2 heterocycles. The van der Waals surface area contributed by atoms with E-state index < -0.39 is 47.2 Å². The Morgan fingerprint density at radius 3 is 1.80 bits per heavy atom. The number of carboxylic acids is 1. The Labute approximate surface area is 412 Å². The van der Waals surface area contributed by atoms with Crippen LogP contribution in [-0.2, 0) is 41.2 Å². The number of nitrogens with zero attached hydrogens (tertiary/aromatic N) is 2. The maximum atomic E-state index is 12.6. The predicted octanol–water partition coefficient (Wildman–Crippen LogP) is 11.6. The van der Waals surface area contributed by atoms with Gasteiger partial charge in [-0.2, -0.15) is 29.8 Å². The summed E-state index contributed by atoms with van der Waals surface area (Å²) in [5.74, 6) is -1.11. The molecule has 2 aliphatic rings. The minimum absolute atomic E-state index is 0.0660. The van der Waals surface area contributed by atoms with Crippen LogP contribution in [0.4, 0.5) is 22.7 Å². The van der Waals surface area contributed by atoms with Gasteiger partial charge in [0.25, 0.3) is 30.4 Å². The summed E-state index contributed by atoms with van der Waals surface area (Å²) in [6, 6.07) is 32.9. The first kappa shape index (κ1) is 49.0. The number of allylic oxidation sites excluding steroid dienone is 6. The quantitative estimate of drug-likeness (QED) is 0.0574. The fourth-order valence-corrected chi connectivity index (χ4v) is 11.8. The highest BCUT2D eigenvalue weighted by Gasteiger charge is 2.47. The molecule has 4 N–H and O–H groups in total. The van der Waals surface area contributed by atoms with Gasteiger partial charge in [-0.15, -0.1) is 0 Å². The van der Waals surface area contributed by atoms with Crippen LogP contribution in [0.25, 0.3) is 27.1 Å². The molecule has 362 valence electrons. The topological polar surface area (TPSA) is 207 Å². The van der Waals surface area contributed by atoms with Gasteiger partial charge >= 0.3 is 5.97 Å². The summed E-state index contributed by atoms with van der Waals surface area (Å²) in [5.41, 5.74) is 7.90. The highest BCUT2D eigenvalue weighted by molar-refractivity contribution is 7.86. The second-order valence-corrected chi connectivity index (χ2v) is 23.3. The zero-order chi connectivity index (χ0) is 51.3. The van der Waals surface area contributed by atoms with Crippen molar-refractivity contribution in [3.05, 3.63) is 190 Å². The van der Waals surface area contributed by atoms with Gasteiger partial charge in [0.2, 0.25) is 11.4 Å². The third-order valence-electron chi connectivity index (χ3n) is 13.6. The van der Waals surface area contributed by atoms with Crippen molar-refractivity contribution in [1.29, 1.82) is 0 Å². The second kappa shape index (κ2) is 17.1. The van der Waals surface area contributed by atoms with Crippen molar-refractivity contribution in [2.24, 2.45) is 0 Å². The summed E-state index contributed by atoms with van der Waals surface area (Å²) in [6.07, 6.45) is 7.58. The fourth-order valence-electron chi connectivity index (χ4n) is 10.2. The number of benzene rings is 7. The molecule has 0 bridgehead atoms. The van der Waals surface area contributed by atoms with Crippen molar-refractivity contribution < 1.29 is 48.8 Å². The SMILES string of the molecule is Cc1ccc2c3c(cc(C)c2c1)[N+](c1cccc(S(=O)(=O)O)c1)=C(/C=C/C(=C/C=C1/N(c2cccc(S(=O)(=O)O)c2)c2cc(C)c4cc(S(=O)(=O)O)ccc4c2C1(C)C)c1ccc(C(=O)O)cc1)C3(C)C. The van der Waals surface area contributed by atoms with Crippen molar-refractivity contribution in [3.63, 3.8) is 0 Å². The Morgan fingerprint density at radius 2 is 1.15 bits per heavy atom. The number of hydrogen-bond donors (Lipinski definition) is 4. The van der Waals surface area contributed by atoms with E-state index in [0.717, 1.165) is 44.4 Å². The number of fused-ring (bicyclic) bond motifs is 6. The largest absolute Gasteiger partial charge is 0.478 e. The molecule has 0 saturated carbocycles. The van der Waals surface area contributed by atoms with E-state index in [-0.39, 0.29) is 20.2 Å². The van der Waals surface area contributed by atoms with Crippen LogP contribution in [-0.4, -0.2) is 55.7 Å². The average Bonchev–Trinajstić information content (AvgIpc) is 3.66. The van der Waals surface area contributed by atoms with Gasteiger partial charge in [0.05, 0.1) is 26.5 Å². The van der Waals surface area contributed by atoms with E-state index in [1.165, 1.54) is 54.6 Å². The van der Waals surface area contributed by atoms with E-state index in [4.69, 9.17) is 0 Å². The molecule has 0 fully saturated rings. The first-order chi connectivity index (χ1) is 33.2. The lowest BCUT2D eigenvalue weighted by atomic mass is 9.78. The molecular formula is C55H49N2O11S3+. The monoisotopic (exact) mass is 1010 g/mol. The van der Waals surface area contributed by atoms with Gasteiger partial charge in [0.15, 0.2) is 5.71 Å². The van der Waals surface area contributed by atoms with Crippen LogP contribution in [0.15, 0.2) is 166 Å². The summed E-state index contributed by atoms with van der Waals surface area (Å²) in [6.45, 7) is 14.0. The fraction of sp³-hybridized carbons (Fsp3) is 0.164. The number of aromatic carboxylic acids is 1. The van der Waals surface area contributed by atoms with Gasteiger partial charge < -0.3 is 10.0 Å². The van der Waals surface area contributed by atoms with Crippen molar-refractivity contribution in [2.75, 3.05) is 4.90 Å². The molecule has 0 atom stereocenters. The van der Waals surface area contributed by atoms with Gasteiger partial charge in [0, 0.05) is 46.6 Å². The van der Waals surface area contributed by atoms with Crippen molar-refractivity contribution in [2.45, 2.75) is 74.0 Å². The number of anilines is 2. The number of carbonyl (C=O) groups is 1. The Bertz CT molecular complexity index is 3960. The van der Waals surface area contributed by atoms with E-state index in [1.807, 2.05) is 67.5 Å². The van der Waals surface area contributed by atoms with E-state index in [9.17, 15) is 48.8 Å². The molecule has 13 nitrogen and oxygen atoms in total. The third-order valence-corrected chi connectivity index (χ3v) is 16.2. The highest BCUT2D eigenvalue weighted by Crippen LogP contribution is 2.55. The maximum Gasteiger partial charge on any atom is 0.335 e. The van der Waals surface area contributed by atoms with Crippen molar-refractivity contribution in [3.8, 4) is 0 Å². The lowest BCUT2D eigenvalue weighted by molar-refractivity contribution is 0.0696. The molecule has 0 spiro atoms. The molecule has 71 heavy (non-hydrogen) atoms. The van der Waals surface area contributed by atoms with E-state index >= 15 is 0 Å². The summed E-state index contributed by atoms with van der Waals surface area (Å²) < 4.78 is 107.